The molecule has 0 aromatic heterocycles. The fourth-order valence-corrected chi connectivity index (χ4v) is 6.97. The third-order valence-electron chi connectivity index (χ3n) is 10.9. The number of hydrogen-bond acceptors (Lipinski definition) is 6. The van der Waals surface area contributed by atoms with Gasteiger partial charge in [-0.1, -0.05) is 220 Å². The van der Waals surface area contributed by atoms with Gasteiger partial charge in [-0.3, -0.25) is 30.3 Å². The molecule has 0 saturated heterocycles. The molecule has 2 unspecified atom stereocenters. The number of rotatable bonds is 41. The van der Waals surface area contributed by atoms with Gasteiger partial charge in [0.2, 0.25) is 18.6 Å². The van der Waals surface area contributed by atoms with Crippen LogP contribution in [0.4, 0.5) is 0 Å². The minimum Gasteiger partial charge on any atom is -0.265 e. The van der Waals surface area contributed by atoms with Crippen molar-refractivity contribution in [1.82, 2.24) is 0 Å². The van der Waals surface area contributed by atoms with Gasteiger partial charge in [-0.15, -0.1) is 0 Å². The van der Waals surface area contributed by atoms with Crippen molar-refractivity contribution in [2.24, 2.45) is 0 Å². The van der Waals surface area contributed by atoms with E-state index in [-0.39, 0.29) is 33.4 Å². The third kappa shape index (κ3) is 54.3. The van der Waals surface area contributed by atoms with E-state index in [0.29, 0.717) is 0 Å². The normalized spacial score (nSPS) is 11.9. The summed E-state index contributed by atoms with van der Waals surface area (Å²) in [5, 5.41) is 31.5. The van der Waals surface area contributed by atoms with E-state index in [1.54, 1.807) is 6.92 Å². The highest BCUT2D eigenvalue weighted by atomic mass is 16.6. The Kier molecular flexibility index (Phi) is 52.5. The molecule has 2 atom stereocenters. The summed E-state index contributed by atoms with van der Waals surface area (Å²) in [6.45, 7) is 10.7. The van der Waals surface area contributed by atoms with Crippen molar-refractivity contribution >= 4 is 0 Å². The van der Waals surface area contributed by atoms with Crippen LogP contribution in [0.2, 0.25) is 0 Å². The second kappa shape index (κ2) is 50.2. The first-order valence-electron chi connectivity index (χ1n) is 24.1. The summed E-state index contributed by atoms with van der Waals surface area (Å²) in [7, 11) is 0. The zero-order valence-electron chi connectivity index (χ0n) is 37.5. The van der Waals surface area contributed by atoms with Crippen molar-refractivity contribution in [3.63, 3.8) is 0 Å². The summed E-state index contributed by atoms with van der Waals surface area (Å²) in [5.41, 5.74) is 0. The maximum Gasteiger partial charge on any atom is 0.213 e. The highest BCUT2D eigenvalue weighted by Crippen LogP contribution is 2.17. The van der Waals surface area contributed by atoms with Crippen molar-refractivity contribution in [3.8, 4) is 0 Å². The maximum atomic E-state index is 10.9. The predicted molar refractivity (Wildman–Crippen MR) is 237 cm³/mol. The van der Waals surface area contributed by atoms with Gasteiger partial charge >= 0.3 is 0 Å². The second-order valence-electron chi connectivity index (χ2n) is 16.5. The van der Waals surface area contributed by atoms with Crippen LogP contribution in [0.5, 0.6) is 0 Å². The quantitative estimate of drug-likeness (QED) is 0.0345. The first-order valence-corrected chi connectivity index (χ1v) is 24.1. The van der Waals surface area contributed by atoms with Gasteiger partial charge in [0.15, 0.2) is 0 Å². The van der Waals surface area contributed by atoms with Gasteiger partial charge in [-0.05, 0) is 25.7 Å². The molecule has 0 radical (unpaired) electrons. The van der Waals surface area contributed by atoms with Crippen molar-refractivity contribution in [2.45, 2.75) is 291 Å². The van der Waals surface area contributed by atoms with E-state index in [1.807, 2.05) is 0 Å². The summed E-state index contributed by atoms with van der Waals surface area (Å²) in [5.74, 6) is 0. The van der Waals surface area contributed by atoms with Crippen LogP contribution in [0.25, 0.3) is 0 Å². The Hall–Kier alpha value is -1.80. The summed E-state index contributed by atoms with van der Waals surface area (Å²) in [6, 6.07) is -0.641. The van der Waals surface area contributed by atoms with E-state index in [4.69, 9.17) is 0 Å². The number of unbranched alkanes of at least 4 members (excludes halogenated alkanes) is 31. The molecule has 0 heterocycles. The van der Waals surface area contributed by atoms with E-state index >= 15 is 0 Å². The monoisotopic (exact) mass is 786 g/mol. The molecule has 0 fully saturated rings. The highest BCUT2D eigenvalue weighted by Gasteiger charge is 2.18. The average Bonchev–Trinajstić information content (AvgIpc) is 3.16. The van der Waals surface area contributed by atoms with Crippen molar-refractivity contribution < 1.29 is 14.8 Å². The van der Waals surface area contributed by atoms with Crippen molar-refractivity contribution in [3.05, 3.63) is 30.3 Å². The fraction of sp³-hybridized carbons (Fsp3) is 1.00. The van der Waals surface area contributed by atoms with Crippen LogP contribution in [-0.4, -0.2) is 33.4 Å². The summed E-state index contributed by atoms with van der Waals surface area (Å²) < 4.78 is 0. The van der Waals surface area contributed by atoms with Gasteiger partial charge in [0.1, 0.15) is 0 Å². The van der Waals surface area contributed by atoms with Crippen molar-refractivity contribution in [2.75, 3.05) is 6.54 Å². The van der Waals surface area contributed by atoms with E-state index in [0.717, 1.165) is 64.2 Å². The van der Waals surface area contributed by atoms with E-state index < -0.39 is 0 Å². The topological polar surface area (TPSA) is 129 Å². The molecule has 0 bridgehead atoms. The van der Waals surface area contributed by atoms with Crippen LogP contribution in [-0.2, 0) is 0 Å². The SMILES string of the molecule is CCCCCCCCC(CCCCCC)[N+](=O)[O-].CCCCCCCCCCCC(C)[N+](=O)[O-].CCCCCCCCCCCCCCCCCC[N+](=O)[O-]. The Balaban J connectivity index is -0.000000745. The summed E-state index contributed by atoms with van der Waals surface area (Å²) in [4.78, 5) is 31.0. The molecule has 9 heteroatoms. The molecule has 0 spiro atoms. The van der Waals surface area contributed by atoms with Crippen molar-refractivity contribution in [1.29, 1.82) is 0 Å². The smallest absolute Gasteiger partial charge is 0.213 e. The molecule has 0 aromatic rings. The molecule has 0 aliphatic heterocycles. The zero-order chi connectivity index (χ0) is 41.5. The van der Waals surface area contributed by atoms with Crippen LogP contribution in [0.3, 0.4) is 0 Å². The molecule has 0 rings (SSSR count). The van der Waals surface area contributed by atoms with Crippen LogP contribution in [0.1, 0.15) is 279 Å². The van der Waals surface area contributed by atoms with Gasteiger partial charge in [0, 0.05) is 47.4 Å². The number of nitro groups is 3. The first kappa shape index (κ1) is 57.5. The number of hydrogen-bond donors (Lipinski definition) is 0. The minimum atomic E-state index is -0.357. The molecule has 0 N–H and O–H groups in total. The molecular weight excluding hydrogens is 691 g/mol. The number of nitrogens with zero attached hydrogens (tertiary/aromatic N) is 3. The van der Waals surface area contributed by atoms with E-state index in [9.17, 15) is 30.3 Å². The van der Waals surface area contributed by atoms with E-state index in [1.165, 1.54) is 180 Å². The Labute approximate surface area is 341 Å². The Morgan fingerprint density at radius 1 is 0.327 bits per heavy atom. The average molecular weight is 786 g/mol. The summed E-state index contributed by atoms with van der Waals surface area (Å²) in [6.07, 6.45) is 46.6. The van der Waals surface area contributed by atoms with E-state index in [2.05, 4.69) is 27.7 Å². The molecule has 0 aromatic carbocycles. The van der Waals surface area contributed by atoms with Crippen LogP contribution in [0.15, 0.2) is 0 Å². The standard InChI is InChI=1S/C18H37NO2.C15H31NO2.C13H27NO2/c1-2-3-4-5-6-7-8-9-10-11-12-13-14-15-16-17-18-19(20)21;1-3-5-7-9-10-12-14-15(16(17)18)13-11-8-6-4-2;1-3-4-5-6-7-8-9-10-11-12-13(2)14(15)16/h2-18H2,1H3;15H,3-14H2,1-2H3;13H,3-12H2,1-2H3. The minimum absolute atomic E-state index is 0.0576. The first-order chi connectivity index (χ1) is 26.7. The molecule has 55 heavy (non-hydrogen) atoms. The predicted octanol–water partition coefficient (Wildman–Crippen LogP) is 16.4. The van der Waals surface area contributed by atoms with Crippen LogP contribution in [0, 0.1) is 30.3 Å². The molecule has 9 nitrogen and oxygen atoms in total. The molecular formula is C46H95N3O6. The lowest BCUT2D eigenvalue weighted by Crippen LogP contribution is -2.19. The molecule has 0 aliphatic rings. The van der Waals surface area contributed by atoms with Crippen LogP contribution >= 0.6 is 0 Å². The molecule has 0 saturated carbocycles. The second-order valence-corrected chi connectivity index (χ2v) is 16.5. The van der Waals surface area contributed by atoms with Gasteiger partial charge in [-0.25, -0.2) is 0 Å². The Bertz CT molecular complexity index is 785. The lowest BCUT2D eigenvalue weighted by Gasteiger charge is -2.09. The maximum absolute atomic E-state index is 10.9. The largest absolute Gasteiger partial charge is 0.265 e. The Morgan fingerprint density at radius 2 is 0.564 bits per heavy atom. The lowest BCUT2D eigenvalue weighted by molar-refractivity contribution is -0.524. The van der Waals surface area contributed by atoms with Crippen LogP contribution < -0.4 is 0 Å². The summed E-state index contributed by atoms with van der Waals surface area (Å²) >= 11 is 0. The van der Waals surface area contributed by atoms with Gasteiger partial charge in [0.05, 0.1) is 0 Å². The third-order valence-corrected chi connectivity index (χ3v) is 10.9. The zero-order valence-corrected chi connectivity index (χ0v) is 37.5. The molecule has 330 valence electrons. The molecule has 0 aliphatic carbocycles. The van der Waals surface area contributed by atoms with Gasteiger partial charge < -0.3 is 0 Å². The fourth-order valence-electron chi connectivity index (χ4n) is 6.97. The van der Waals surface area contributed by atoms with Gasteiger partial charge in [-0.2, -0.15) is 0 Å². The highest BCUT2D eigenvalue weighted by molar-refractivity contribution is 4.59. The van der Waals surface area contributed by atoms with Gasteiger partial charge in [0.25, 0.3) is 0 Å². The Morgan fingerprint density at radius 3 is 0.818 bits per heavy atom. The lowest BCUT2D eigenvalue weighted by atomic mass is 10.0. The molecule has 0 amide bonds.